The molecule has 0 saturated carbocycles. The predicted molar refractivity (Wildman–Crippen MR) is 85.5 cm³/mol. The van der Waals surface area contributed by atoms with Crippen LogP contribution in [0.3, 0.4) is 0 Å². The molecule has 2 atom stereocenters. The molecule has 1 unspecified atom stereocenters. The van der Waals surface area contributed by atoms with Crippen LogP contribution in [0.15, 0.2) is 24.5 Å². The number of likely N-dealkylation sites (tertiary alicyclic amines) is 1. The van der Waals surface area contributed by atoms with Crippen LogP contribution in [-0.2, 0) is 0 Å². The number of hydrogen-bond acceptors (Lipinski definition) is 1. The molecule has 1 aliphatic heterocycles. The minimum Gasteiger partial charge on any atom is -0.320 e. The van der Waals surface area contributed by atoms with Crippen molar-refractivity contribution in [1.29, 1.82) is 0 Å². The lowest BCUT2D eigenvalue weighted by atomic mass is 10.0. The highest BCUT2D eigenvalue weighted by atomic mass is 15.4. The van der Waals surface area contributed by atoms with E-state index in [0.717, 1.165) is 0 Å². The molecule has 1 fully saturated rings. The largest absolute Gasteiger partial charge is 0.320 e. The summed E-state index contributed by atoms with van der Waals surface area (Å²) in [6.07, 6.45) is 15.1. The van der Waals surface area contributed by atoms with Gasteiger partial charge < -0.3 is 4.48 Å². The molecule has 0 aliphatic carbocycles. The van der Waals surface area contributed by atoms with Crippen molar-refractivity contribution >= 4 is 0 Å². The lowest BCUT2D eigenvalue weighted by Gasteiger charge is -2.36. The molecule has 1 saturated heterocycles. The van der Waals surface area contributed by atoms with Crippen LogP contribution in [0.25, 0.3) is 0 Å². The summed E-state index contributed by atoms with van der Waals surface area (Å²) in [5, 5.41) is 0. The third-order valence-corrected chi connectivity index (χ3v) is 4.99. The van der Waals surface area contributed by atoms with Gasteiger partial charge in [-0.05, 0) is 18.9 Å². The summed E-state index contributed by atoms with van der Waals surface area (Å²) in [6.45, 7) is 4.97. The molecule has 2 nitrogen and oxygen atoms in total. The van der Waals surface area contributed by atoms with Crippen molar-refractivity contribution in [1.82, 2.24) is 4.98 Å². The lowest BCUT2D eigenvalue weighted by molar-refractivity contribution is -0.927. The van der Waals surface area contributed by atoms with Gasteiger partial charge in [-0.15, -0.1) is 0 Å². The van der Waals surface area contributed by atoms with Gasteiger partial charge in [0.25, 0.3) is 0 Å². The Bertz CT molecular complexity index is 376. The molecule has 1 aliphatic rings. The highest BCUT2D eigenvalue weighted by Gasteiger charge is 2.38. The van der Waals surface area contributed by atoms with Gasteiger partial charge in [0.2, 0.25) is 0 Å². The molecule has 112 valence electrons. The Labute approximate surface area is 124 Å². The van der Waals surface area contributed by atoms with E-state index in [1.165, 1.54) is 74.5 Å². The third-order valence-electron chi connectivity index (χ3n) is 4.99. The molecule has 2 rings (SSSR count). The summed E-state index contributed by atoms with van der Waals surface area (Å²) in [6, 6.07) is 5.03. The van der Waals surface area contributed by atoms with Gasteiger partial charge in [-0.1, -0.05) is 38.7 Å². The van der Waals surface area contributed by atoms with Gasteiger partial charge in [0.1, 0.15) is 6.04 Å². The Morgan fingerprint density at radius 2 is 2.00 bits per heavy atom. The van der Waals surface area contributed by atoms with E-state index in [2.05, 4.69) is 37.3 Å². The van der Waals surface area contributed by atoms with E-state index in [9.17, 15) is 0 Å². The van der Waals surface area contributed by atoms with Crippen LogP contribution in [0.4, 0.5) is 0 Å². The van der Waals surface area contributed by atoms with Crippen LogP contribution in [0.2, 0.25) is 0 Å². The first-order chi connectivity index (χ1) is 9.76. The van der Waals surface area contributed by atoms with Gasteiger partial charge in [-0.3, -0.25) is 4.98 Å². The van der Waals surface area contributed by atoms with Crippen LogP contribution in [0.5, 0.6) is 0 Å². The summed E-state index contributed by atoms with van der Waals surface area (Å²) < 4.78 is 1.24. The number of aromatic nitrogens is 1. The zero-order valence-electron chi connectivity index (χ0n) is 13.4. The number of pyridine rings is 1. The van der Waals surface area contributed by atoms with Gasteiger partial charge in [-0.2, -0.15) is 0 Å². The Morgan fingerprint density at radius 3 is 2.75 bits per heavy atom. The Kier molecular flexibility index (Phi) is 6.03. The molecule has 0 radical (unpaired) electrons. The normalized spacial score (nSPS) is 26.0. The van der Waals surface area contributed by atoms with Crippen LogP contribution in [0.1, 0.15) is 69.9 Å². The zero-order valence-corrected chi connectivity index (χ0v) is 13.4. The monoisotopic (exact) mass is 275 g/mol. The molecule has 1 aromatic rings. The first-order valence-electron chi connectivity index (χ1n) is 8.50. The van der Waals surface area contributed by atoms with E-state index < -0.39 is 0 Å². The Balaban J connectivity index is 1.82. The summed E-state index contributed by atoms with van der Waals surface area (Å²) in [5.41, 5.74) is 1.44. The molecule has 1 aromatic heterocycles. The summed E-state index contributed by atoms with van der Waals surface area (Å²) in [5.74, 6) is 0. The smallest absolute Gasteiger partial charge is 0.116 e. The number of unbranched alkanes of at least 4 members (excludes halogenated alkanes) is 5. The maximum absolute atomic E-state index is 4.32. The van der Waals surface area contributed by atoms with Gasteiger partial charge in [0.15, 0.2) is 0 Å². The molecular weight excluding hydrogens is 244 g/mol. The van der Waals surface area contributed by atoms with Gasteiger partial charge in [-0.25, -0.2) is 0 Å². The van der Waals surface area contributed by atoms with E-state index in [1.807, 2.05) is 6.20 Å². The highest BCUT2D eigenvalue weighted by Crippen LogP contribution is 2.37. The predicted octanol–water partition coefficient (Wildman–Crippen LogP) is 4.72. The second-order valence-electron chi connectivity index (χ2n) is 6.64. The van der Waals surface area contributed by atoms with E-state index in [0.29, 0.717) is 6.04 Å². The molecule has 20 heavy (non-hydrogen) atoms. The first-order valence-corrected chi connectivity index (χ1v) is 8.50. The Morgan fingerprint density at radius 1 is 1.20 bits per heavy atom. The van der Waals surface area contributed by atoms with E-state index in [1.54, 1.807) is 0 Å². The molecule has 0 bridgehead atoms. The molecule has 0 N–H and O–H groups in total. The van der Waals surface area contributed by atoms with Crippen LogP contribution >= 0.6 is 0 Å². The molecule has 0 aromatic carbocycles. The van der Waals surface area contributed by atoms with Crippen molar-refractivity contribution in [3.05, 3.63) is 30.1 Å². The summed E-state index contributed by atoms with van der Waals surface area (Å²) in [7, 11) is 2.46. The number of rotatable bonds is 8. The van der Waals surface area contributed by atoms with Crippen molar-refractivity contribution in [2.45, 2.75) is 64.3 Å². The minimum absolute atomic E-state index is 0.680. The maximum Gasteiger partial charge on any atom is 0.116 e. The van der Waals surface area contributed by atoms with Crippen LogP contribution in [0, 0.1) is 0 Å². The van der Waals surface area contributed by atoms with E-state index in [4.69, 9.17) is 0 Å². The van der Waals surface area contributed by atoms with Crippen LogP contribution < -0.4 is 0 Å². The van der Waals surface area contributed by atoms with Crippen molar-refractivity contribution in [2.24, 2.45) is 0 Å². The summed E-state index contributed by atoms with van der Waals surface area (Å²) in [4.78, 5) is 4.32. The van der Waals surface area contributed by atoms with E-state index >= 15 is 0 Å². The zero-order chi connectivity index (χ0) is 14.3. The number of hydrogen-bond donors (Lipinski definition) is 0. The standard InChI is InChI=1S/C18H31N2/c1-3-4-5-6-7-8-14-20(2)15-10-12-18(20)17-11-9-13-19-16-17/h9,11,13,16,18H,3-8,10,12,14-15H2,1-2H3/q+1/t18-,20?/m0/s1. The fraction of sp³-hybridized carbons (Fsp3) is 0.722. The van der Waals surface area contributed by atoms with Gasteiger partial charge in [0.05, 0.1) is 20.1 Å². The molecule has 0 spiro atoms. The first kappa shape index (κ1) is 15.5. The number of quaternary nitrogens is 1. The lowest BCUT2D eigenvalue weighted by Crippen LogP contribution is -2.43. The highest BCUT2D eigenvalue weighted by molar-refractivity contribution is 5.12. The van der Waals surface area contributed by atoms with E-state index in [-0.39, 0.29) is 0 Å². The fourth-order valence-electron chi connectivity index (χ4n) is 3.73. The minimum atomic E-state index is 0.680. The molecule has 2 heterocycles. The van der Waals surface area contributed by atoms with Crippen LogP contribution in [-0.4, -0.2) is 29.6 Å². The molecule has 2 heteroatoms. The fourth-order valence-corrected chi connectivity index (χ4v) is 3.73. The van der Waals surface area contributed by atoms with Gasteiger partial charge >= 0.3 is 0 Å². The maximum atomic E-state index is 4.32. The topological polar surface area (TPSA) is 12.9 Å². The Hall–Kier alpha value is -0.890. The van der Waals surface area contributed by atoms with Crippen molar-refractivity contribution in [3.63, 3.8) is 0 Å². The SMILES string of the molecule is CCCCCCCC[N+]1(C)CCC[C@H]1c1cccnc1. The summed E-state index contributed by atoms with van der Waals surface area (Å²) >= 11 is 0. The number of nitrogens with zero attached hydrogens (tertiary/aromatic N) is 2. The quantitative estimate of drug-likeness (QED) is 0.494. The van der Waals surface area contributed by atoms with Gasteiger partial charge in [0, 0.05) is 30.8 Å². The average Bonchev–Trinajstić information content (AvgIpc) is 2.86. The molecular formula is C18H31N2+. The van der Waals surface area contributed by atoms with Crippen molar-refractivity contribution < 1.29 is 4.48 Å². The van der Waals surface area contributed by atoms with Crippen molar-refractivity contribution in [3.8, 4) is 0 Å². The molecule has 0 amide bonds. The second kappa shape index (κ2) is 7.78. The van der Waals surface area contributed by atoms with Crippen molar-refractivity contribution in [2.75, 3.05) is 20.1 Å². The third kappa shape index (κ3) is 4.05. The second-order valence-corrected chi connectivity index (χ2v) is 6.64. The average molecular weight is 275 g/mol.